The molecule has 9 atom stereocenters. The summed E-state index contributed by atoms with van der Waals surface area (Å²) in [7, 11) is 0. The molecule has 18 nitrogen and oxygen atoms in total. The first kappa shape index (κ1) is 44.4. The average molecular weight is 817 g/mol. The van der Waals surface area contributed by atoms with Crippen molar-refractivity contribution in [2.24, 2.45) is 21.9 Å². The summed E-state index contributed by atoms with van der Waals surface area (Å²) in [4.78, 5) is 72.6. The fourth-order valence-electron chi connectivity index (χ4n) is 7.24. The zero-order valence-corrected chi connectivity index (χ0v) is 33.8. The lowest BCUT2D eigenvalue weighted by molar-refractivity contribution is -0.124. The van der Waals surface area contributed by atoms with Crippen LogP contribution in [0, 0.1) is 28.6 Å². The molecule has 0 aliphatic carbocycles. The maximum atomic E-state index is 12.5. The molecule has 56 heavy (non-hydrogen) atoms. The van der Waals surface area contributed by atoms with Crippen molar-refractivity contribution >= 4 is 59.2 Å². The topological polar surface area (TPSA) is 285 Å². The van der Waals surface area contributed by atoms with Gasteiger partial charge in [-0.1, -0.05) is 12.8 Å². The molecule has 0 bridgehead atoms. The largest absolute Gasteiger partial charge is 0.369 e. The van der Waals surface area contributed by atoms with E-state index in [4.69, 9.17) is 5.73 Å². The van der Waals surface area contributed by atoms with E-state index < -0.39 is 22.9 Å². The predicted octanol–water partition coefficient (Wildman–Crippen LogP) is 1.47. The van der Waals surface area contributed by atoms with E-state index in [0.717, 1.165) is 43.6 Å². The zero-order chi connectivity index (χ0) is 40.7. The monoisotopic (exact) mass is 816 g/mol. The lowest BCUT2D eigenvalue weighted by Gasteiger charge is -2.23. The van der Waals surface area contributed by atoms with Crippen molar-refractivity contribution in [1.29, 1.82) is 10.5 Å². The zero-order valence-electron chi connectivity index (χ0n) is 32.2. The molecule has 3 unspecified atom stereocenters. The quantitative estimate of drug-likeness (QED) is 0.0394. The molecular formula is C36H56N12O6S2. The molecule has 4 fully saturated rings. The van der Waals surface area contributed by atoms with E-state index in [9.17, 15) is 39.3 Å². The van der Waals surface area contributed by atoms with E-state index >= 15 is 0 Å². The lowest BCUT2D eigenvalue weighted by Crippen LogP contribution is -2.37. The Kier molecular flexibility index (Phi) is 16.9. The minimum absolute atomic E-state index is 0.0208. The summed E-state index contributed by atoms with van der Waals surface area (Å²) < 4.78 is 0. The van der Waals surface area contributed by atoms with Crippen LogP contribution in [0.4, 0.5) is 9.59 Å². The molecule has 4 saturated heterocycles. The average Bonchev–Trinajstić information content (AvgIpc) is 3.93. The number of unbranched alkanes of at least 4 members (excludes halogenated alkanes) is 2. The second kappa shape index (κ2) is 21.3. The number of amides is 8. The molecule has 308 valence electrons. The van der Waals surface area contributed by atoms with Crippen LogP contribution >= 0.6 is 23.5 Å². The van der Waals surface area contributed by atoms with E-state index in [0.29, 0.717) is 29.8 Å². The van der Waals surface area contributed by atoms with Gasteiger partial charge in [-0.3, -0.25) is 19.2 Å². The van der Waals surface area contributed by atoms with Crippen molar-refractivity contribution in [3.05, 3.63) is 0 Å². The van der Waals surface area contributed by atoms with Crippen LogP contribution in [0.1, 0.15) is 90.9 Å². The Labute approximate surface area is 336 Å². The Balaban J connectivity index is 1.07. The van der Waals surface area contributed by atoms with Crippen molar-refractivity contribution in [2.45, 2.75) is 137 Å². The number of fused-ring (bicyclic) bond motifs is 2. The summed E-state index contributed by atoms with van der Waals surface area (Å²) >= 11 is 3.68. The van der Waals surface area contributed by atoms with Gasteiger partial charge in [-0.05, 0) is 58.8 Å². The molecular weight excluding hydrogens is 761 g/mol. The smallest absolute Gasteiger partial charge is 0.315 e. The minimum atomic E-state index is -1.49. The molecule has 4 rings (SSSR count). The second-order valence-corrected chi connectivity index (χ2v) is 17.9. The number of thioether (sulfide) groups is 2. The molecule has 4 aliphatic heterocycles. The summed E-state index contributed by atoms with van der Waals surface area (Å²) in [5, 5.41) is 48.9. The van der Waals surface area contributed by atoms with Gasteiger partial charge in [0.1, 0.15) is 0 Å². The van der Waals surface area contributed by atoms with Gasteiger partial charge in [0.05, 0.1) is 36.3 Å². The fourth-order valence-corrected chi connectivity index (χ4v) is 10.3. The van der Waals surface area contributed by atoms with Gasteiger partial charge in [-0.15, -0.1) is 0 Å². The number of hydrogen-bond donors (Lipinski definition) is 8. The fraction of sp³-hybridized carbons (Fsp3) is 0.778. The number of carbonyl (C=O) groups excluding carboxylic acids is 6. The summed E-state index contributed by atoms with van der Waals surface area (Å²) in [6.45, 7) is 3.64. The van der Waals surface area contributed by atoms with E-state index in [2.05, 4.69) is 53.5 Å². The van der Waals surface area contributed by atoms with Crippen LogP contribution in [0.3, 0.4) is 0 Å². The summed E-state index contributed by atoms with van der Waals surface area (Å²) in [5.41, 5.74) is 2.73. The van der Waals surface area contributed by atoms with Crippen LogP contribution in [0.2, 0.25) is 0 Å². The number of nitrogens with two attached hydrogens (primary N) is 1. The van der Waals surface area contributed by atoms with Gasteiger partial charge in [0.25, 0.3) is 0 Å². The Bertz CT molecular complexity index is 1560. The minimum Gasteiger partial charge on any atom is -0.369 e. The van der Waals surface area contributed by atoms with Gasteiger partial charge in [-0.2, -0.15) is 44.3 Å². The van der Waals surface area contributed by atoms with Crippen LogP contribution in [0.15, 0.2) is 10.2 Å². The lowest BCUT2D eigenvalue weighted by atomic mass is 9.88. The number of rotatable bonds is 24. The molecule has 8 amide bonds. The van der Waals surface area contributed by atoms with E-state index in [-0.39, 0.29) is 99.3 Å². The molecule has 4 heterocycles. The molecule has 0 radical (unpaired) electrons. The standard InChI is InChI=1S/C36H56N12O6S2/c1-35(20-37,13-11-29(51)42-16-15-41-28(50)10-6-4-8-26-31-24(19-56-26)44-34(54)46-31)47-48-36(2,21-38)17-22(32(39)52)12-14-40-27(49)9-5-3-7-25-30-23(18-55-25)43-33(53)45-30/h22-26,30-31H,3-19H2,1-2H3,(H2,39,52)(H,40,49)(H,41,50)(H,42,51)(H2,43,45,53)(H2,44,46,54)/t22?,23-,24-,25-,26-,30-,31-,35?,36?/m0/s1. The predicted molar refractivity (Wildman–Crippen MR) is 211 cm³/mol. The summed E-state index contributed by atoms with van der Waals surface area (Å²) in [6, 6.07) is 4.50. The van der Waals surface area contributed by atoms with Crippen LogP contribution in [0.5, 0.6) is 0 Å². The van der Waals surface area contributed by atoms with Crippen molar-refractivity contribution in [2.75, 3.05) is 31.1 Å². The maximum Gasteiger partial charge on any atom is 0.315 e. The molecule has 0 aromatic rings. The number of urea groups is 2. The van der Waals surface area contributed by atoms with E-state index in [1.54, 1.807) is 0 Å². The van der Waals surface area contributed by atoms with Gasteiger partial charge in [0, 0.05) is 66.8 Å². The summed E-state index contributed by atoms with van der Waals surface area (Å²) in [6.07, 6.45) is 5.76. The molecule has 20 heteroatoms. The number of nitrogens with one attached hydrogen (secondary N) is 7. The highest BCUT2D eigenvalue weighted by molar-refractivity contribution is 8.00. The highest BCUT2D eigenvalue weighted by Crippen LogP contribution is 2.34. The summed E-state index contributed by atoms with van der Waals surface area (Å²) in [5.74, 6) is -0.248. The highest BCUT2D eigenvalue weighted by atomic mass is 32.2. The molecule has 0 spiro atoms. The first-order valence-electron chi connectivity index (χ1n) is 19.5. The van der Waals surface area contributed by atoms with Gasteiger partial charge in [-0.25, -0.2) is 9.59 Å². The third-order valence-corrected chi connectivity index (χ3v) is 13.6. The van der Waals surface area contributed by atoms with Crippen LogP contribution in [-0.2, 0) is 19.2 Å². The Morgan fingerprint density at radius 1 is 0.750 bits per heavy atom. The number of primary amides is 1. The number of azo groups is 1. The van der Waals surface area contributed by atoms with Crippen molar-refractivity contribution in [3.63, 3.8) is 0 Å². The Morgan fingerprint density at radius 3 is 1.70 bits per heavy atom. The molecule has 4 aliphatic rings. The van der Waals surface area contributed by atoms with Crippen molar-refractivity contribution < 1.29 is 28.8 Å². The number of carbonyl (C=O) groups is 6. The van der Waals surface area contributed by atoms with Crippen molar-refractivity contribution in [3.8, 4) is 12.1 Å². The molecule has 9 N–H and O–H groups in total. The highest BCUT2D eigenvalue weighted by Gasteiger charge is 2.43. The molecule has 0 aromatic carbocycles. The number of hydrogen-bond acceptors (Lipinski definition) is 12. The van der Waals surface area contributed by atoms with E-state index in [1.807, 2.05) is 29.6 Å². The van der Waals surface area contributed by atoms with Gasteiger partial charge in [0.15, 0.2) is 11.1 Å². The number of nitrogens with zero attached hydrogens (tertiary/aromatic N) is 4. The van der Waals surface area contributed by atoms with Crippen molar-refractivity contribution in [1.82, 2.24) is 37.2 Å². The Hall–Kier alpha value is -4.30. The first-order chi connectivity index (χ1) is 26.7. The van der Waals surface area contributed by atoms with Gasteiger partial charge >= 0.3 is 12.1 Å². The van der Waals surface area contributed by atoms with Gasteiger partial charge in [0.2, 0.25) is 23.6 Å². The first-order valence-corrected chi connectivity index (χ1v) is 21.6. The third kappa shape index (κ3) is 13.7. The SMILES string of the molecule is CC(C#N)(CCC(=O)NCCNC(=O)CCCC[C@@H]1SC[C@@H]2NC(=O)N[C@@H]21)N=NC(C)(C#N)CC(CCNC(=O)CCCC[C@@H]1SC[C@@H]2NC(=O)N[C@@H]21)C(N)=O. The van der Waals surface area contributed by atoms with Crippen LogP contribution in [-0.4, -0.2) is 113 Å². The van der Waals surface area contributed by atoms with Gasteiger partial charge < -0.3 is 43.0 Å². The van der Waals surface area contributed by atoms with E-state index in [1.165, 1.54) is 13.8 Å². The van der Waals surface area contributed by atoms with Crippen LogP contribution in [0.25, 0.3) is 0 Å². The Morgan fingerprint density at radius 2 is 1.21 bits per heavy atom. The van der Waals surface area contributed by atoms with Crippen LogP contribution < -0.4 is 43.0 Å². The normalized spacial score (nSPS) is 26.1. The molecule has 0 aromatic heterocycles. The molecule has 0 saturated carbocycles. The third-order valence-electron chi connectivity index (χ3n) is 10.6. The second-order valence-electron chi connectivity index (χ2n) is 15.3. The number of nitriles is 2. The maximum absolute atomic E-state index is 12.5.